The summed E-state index contributed by atoms with van der Waals surface area (Å²) < 4.78 is 0. The first-order chi connectivity index (χ1) is 11.4. The quantitative estimate of drug-likeness (QED) is 0.830. The van der Waals surface area contributed by atoms with Crippen molar-refractivity contribution in [1.29, 1.82) is 0 Å². The van der Waals surface area contributed by atoms with Crippen molar-refractivity contribution in [1.82, 2.24) is 0 Å². The summed E-state index contributed by atoms with van der Waals surface area (Å²) >= 11 is 0. The number of hydrogen-bond donors (Lipinski definition) is 2. The molecule has 4 rings (SSSR count). The molecule has 2 saturated carbocycles. The van der Waals surface area contributed by atoms with Crippen molar-refractivity contribution in [2.24, 2.45) is 29.1 Å². The molecule has 0 unspecified atom stereocenters. The van der Waals surface area contributed by atoms with Gasteiger partial charge in [-0.3, -0.25) is 9.59 Å². The number of rotatable bonds is 4. The highest BCUT2D eigenvalue weighted by Crippen LogP contribution is 2.72. The number of allylic oxidation sites excluding steroid dienone is 2. The van der Waals surface area contributed by atoms with Gasteiger partial charge in [0.1, 0.15) is 0 Å². The fraction of sp³-hybridized carbons (Fsp3) is 0.500. The van der Waals surface area contributed by atoms with Crippen LogP contribution in [-0.4, -0.2) is 17.0 Å². The molecule has 1 spiro atoms. The van der Waals surface area contributed by atoms with Crippen molar-refractivity contribution >= 4 is 17.6 Å². The maximum absolute atomic E-state index is 12.8. The maximum Gasteiger partial charge on any atom is 0.307 e. The number of carbonyl (C=O) groups is 2. The van der Waals surface area contributed by atoms with E-state index in [1.165, 1.54) is 5.56 Å². The normalized spacial score (nSPS) is 31.6. The van der Waals surface area contributed by atoms with E-state index in [4.69, 9.17) is 0 Å². The van der Waals surface area contributed by atoms with Crippen LogP contribution in [0.4, 0.5) is 5.69 Å². The van der Waals surface area contributed by atoms with Gasteiger partial charge in [0, 0.05) is 5.69 Å². The van der Waals surface area contributed by atoms with Crippen molar-refractivity contribution in [3.63, 3.8) is 0 Å². The minimum Gasteiger partial charge on any atom is -0.481 e. The summed E-state index contributed by atoms with van der Waals surface area (Å²) in [5, 5.41) is 12.6. The molecule has 0 radical (unpaired) electrons. The van der Waals surface area contributed by atoms with E-state index in [1.807, 2.05) is 30.3 Å². The number of carbonyl (C=O) groups excluding carboxylic acids is 1. The highest BCUT2D eigenvalue weighted by atomic mass is 16.4. The van der Waals surface area contributed by atoms with Gasteiger partial charge in [0.15, 0.2) is 0 Å². The SMILES string of the molecule is CC(C)c1ccc(NC(=O)[C@H]2[C@@H](C(=O)O)[C@H]3C=C[C@@H]2C32CC2)cc1. The van der Waals surface area contributed by atoms with Gasteiger partial charge in [-0.15, -0.1) is 0 Å². The van der Waals surface area contributed by atoms with E-state index in [0.29, 0.717) is 5.92 Å². The van der Waals surface area contributed by atoms with Gasteiger partial charge in [0.05, 0.1) is 11.8 Å². The monoisotopic (exact) mass is 325 g/mol. The molecular formula is C20H23NO3. The summed E-state index contributed by atoms with van der Waals surface area (Å²) in [6.07, 6.45) is 6.22. The second kappa shape index (κ2) is 5.20. The van der Waals surface area contributed by atoms with Crippen molar-refractivity contribution in [2.45, 2.75) is 32.6 Å². The van der Waals surface area contributed by atoms with Gasteiger partial charge in [-0.1, -0.05) is 38.1 Å². The fourth-order valence-electron chi connectivity index (χ4n) is 4.87. The van der Waals surface area contributed by atoms with Crippen LogP contribution in [0.25, 0.3) is 0 Å². The Balaban J connectivity index is 1.55. The van der Waals surface area contributed by atoms with E-state index >= 15 is 0 Å². The van der Waals surface area contributed by atoms with E-state index in [1.54, 1.807) is 0 Å². The summed E-state index contributed by atoms with van der Waals surface area (Å²) in [6, 6.07) is 7.83. The molecule has 3 aliphatic carbocycles. The van der Waals surface area contributed by atoms with Gasteiger partial charge in [-0.05, 0) is 53.7 Å². The molecule has 126 valence electrons. The number of anilines is 1. The van der Waals surface area contributed by atoms with Gasteiger partial charge in [-0.25, -0.2) is 0 Å². The van der Waals surface area contributed by atoms with Gasteiger partial charge < -0.3 is 10.4 Å². The molecule has 0 saturated heterocycles. The predicted molar refractivity (Wildman–Crippen MR) is 91.6 cm³/mol. The minimum atomic E-state index is -0.839. The second-order valence-electron chi connectivity index (χ2n) is 7.83. The highest BCUT2D eigenvalue weighted by Gasteiger charge is 2.70. The third kappa shape index (κ3) is 2.12. The molecule has 24 heavy (non-hydrogen) atoms. The Morgan fingerprint density at radius 1 is 1.08 bits per heavy atom. The molecule has 2 fully saturated rings. The largest absolute Gasteiger partial charge is 0.481 e. The molecule has 0 heterocycles. The topological polar surface area (TPSA) is 66.4 Å². The molecular weight excluding hydrogens is 302 g/mol. The van der Waals surface area contributed by atoms with Gasteiger partial charge in [0.2, 0.25) is 5.91 Å². The van der Waals surface area contributed by atoms with Crippen LogP contribution in [0.5, 0.6) is 0 Å². The van der Waals surface area contributed by atoms with Crippen molar-refractivity contribution in [2.75, 3.05) is 5.32 Å². The van der Waals surface area contributed by atoms with Gasteiger partial charge >= 0.3 is 5.97 Å². The van der Waals surface area contributed by atoms with E-state index in [2.05, 4.69) is 25.2 Å². The zero-order valence-electron chi connectivity index (χ0n) is 14.0. The third-order valence-corrected chi connectivity index (χ3v) is 6.27. The fourth-order valence-corrected chi connectivity index (χ4v) is 4.87. The molecule has 4 nitrogen and oxygen atoms in total. The predicted octanol–water partition coefficient (Wildman–Crippen LogP) is 3.66. The Labute approximate surface area is 142 Å². The second-order valence-corrected chi connectivity index (χ2v) is 7.83. The van der Waals surface area contributed by atoms with Crippen LogP contribution < -0.4 is 5.32 Å². The molecule has 2 bridgehead atoms. The summed E-state index contributed by atoms with van der Waals surface area (Å²) in [5.41, 5.74) is 2.02. The average Bonchev–Trinajstić information content (AvgIpc) is 3.21. The van der Waals surface area contributed by atoms with Gasteiger partial charge in [0.25, 0.3) is 0 Å². The smallest absolute Gasteiger partial charge is 0.307 e. The maximum atomic E-state index is 12.8. The minimum absolute atomic E-state index is 0.0269. The van der Waals surface area contributed by atoms with E-state index in [0.717, 1.165) is 18.5 Å². The molecule has 1 amide bonds. The Morgan fingerprint density at radius 2 is 1.67 bits per heavy atom. The summed E-state index contributed by atoms with van der Waals surface area (Å²) in [7, 11) is 0. The lowest BCUT2D eigenvalue weighted by molar-refractivity contribution is -0.146. The first-order valence-electron chi connectivity index (χ1n) is 8.76. The Bertz CT molecular complexity index is 715. The van der Waals surface area contributed by atoms with E-state index in [-0.39, 0.29) is 23.2 Å². The zero-order valence-corrected chi connectivity index (χ0v) is 14.0. The van der Waals surface area contributed by atoms with E-state index < -0.39 is 17.8 Å². The van der Waals surface area contributed by atoms with Crippen molar-refractivity contribution < 1.29 is 14.7 Å². The van der Waals surface area contributed by atoms with Crippen molar-refractivity contribution in [3.8, 4) is 0 Å². The molecule has 1 aromatic carbocycles. The number of carboxylic acid groups (broad SMARTS) is 1. The van der Waals surface area contributed by atoms with Gasteiger partial charge in [-0.2, -0.15) is 0 Å². The first kappa shape index (κ1) is 15.4. The van der Waals surface area contributed by atoms with Crippen LogP contribution in [0.1, 0.15) is 38.2 Å². The molecule has 4 atom stereocenters. The lowest BCUT2D eigenvalue weighted by atomic mass is 9.82. The molecule has 2 N–H and O–H groups in total. The average molecular weight is 325 g/mol. The van der Waals surface area contributed by atoms with Crippen LogP contribution in [0, 0.1) is 29.1 Å². The van der Waals surface area contributed by atoms with Crippen LogP contribution in [-0.2, 0) is 9.59 Å². The van der Waals surface area contributed by atoms with Crippen LogP contribution in [0.2, 0.25) is 0 Å². The number of carboxylic acids is 1. The van der Waals surface area contributed by atoms with Crippen LogP contribution in [0.3, 0.4) is 0 Å². The summed E-state index contributed by atoms with van der Waals surface area (Å²) in [5.74, 6) is -1.48. The molecule has 4 heteroatoms. The van der Waals surface area contributed by atoms with Crippen molar-refractivity contribution in [3.05, 3.63) is 42.0 Å². The summed E-state index contributed by atoms with van der Waals surface area (Å²) in [4.78, 5) is 24.6. The Kier molecular flexibility index (Phi) is 3.34. The molecule has 0 aromatic heterocycles. The summed E-state index contributed by atoms with van der Waals surface area (Å²) in [6.45, 7) is 4.25. The highest BCUT2D eigenvalue weighted by molar-refractivity contribution is 5.96. The number of nitrogens with one attached hydrogen (secondary N) is 1. The molecule has 1 aromatic rings. The first-order valence-corrected chi connectivity index (χ1v) is 8.76. The lowest BCUT2D eigenvalue weighted by Gasteiger charge is -2.23. The third-order valence-electron chi connectivity index (χ3n) is 6.27. The Hall–Kier alpha value is -2.10. The standard InChI is InChI=1S/C20H23NO3/c1-11(2)12-3-5-13(6-4-12)21-18(22)16-14-7-8-15(17(16)19(23)24)20(14)9-10-20/h3-8,11,14-17H,9-10H2,1-2H3,(H,21,22)(H,23,24)/t14-,15+,16+,17-/m0/s1. The number of hydrogen-bond acceptors (Lipinski definition) is 2. The Morgan fingerprint density at radius 3 is 2.17 bits per heavy atom. The van der Waals surface area contributed by atoms with Crippen LogP contribution >= 0.6 is 0 Å². The lowest BCUT2D eigenvalue weighted by Crippen LogP contribution is -2.36. The number of amides is 1. The molecule has 0 aliphatic heterocycles. The zero-order chi connectivity index (χ0) is 17.1. The molecule has 3 aliphatic rings. The number of aliphatic carboxylic acids is 1. The number of benzene rings is 1. The van der Waals surface area contributed by atoms with Crippen LogP contribution in [0.15, 0.2) is 36.4 Å². The van der Waals surface area contributed by atoms with E-state index in [9.17, 15) is 14.7 Å².